The molecule has 1 N–H and O–H groups in total. The average molecular weight is 445 g/mol. The molecule has 33 heavy (non-hydrogen) atoms. The van der Waals surface area contributed by atoms with Crippen LogP contribution in [-0.4, -0.2) is 48.8 Å². The molecule has 2 heterocycles. The Balaban J connectivity index is 1.37. The first kappa shape index (κ1) is 21.3. The number of benzene rings is 3. The number of nitrogens with zero attached hydrogens (tertiary/aromatic N) is 2. The van der Waals surface area contributed by atoms with E-state index in [0.29, 0.717) is 36.6 Å². The van der Waals surface area contributed by atoms with Crippen LogP contribution in [0.4, 0.5) is 4.39 Å². The summed E-state index contributed by atoms with van der Waals surface area (Å²) >= 11 is 0. The Morgan fingerprint density at radius 1 is 1.03 bits per heavy atom. The quantitative estimate of drug-likeness (QED) is 0.475. The molecule has 0 radical (unpaired) electrons. The molecule has 3 aromatic carbocycles. The number of carbonyl (C=O) groups is 1. The number of halogens is 1. The third-order valence-electron chi connectivity index (χ3n) is 5.97. The van der Waals surface area contributed by atoms with Gasteiger partial charge in [0, 0.05) is 30.8 Å². The van der Waals surface area contributed by atoms with Crippen molar-refractivity contribution in [1.29, 1.82) is 0 Å². The van der Waals surface area contributed by atoms with Crippen molar-refractivity contribution in [1.82, 2.24) is 15.4 Å². The second-order valence-corrected chi connectivity index (χ2v) is 8.04. The number of hydrogen-bond acceptors (Lipinski definition) is 5. The molecule has 1 aliphatic heterocycles. The van der Waals surface area contributed by atoms with Crippen molar-refractivity contribution in [3.63, 3.8) is 0 Å². The Labute approximate surface area is 190 Å². The largest absolute Gasteiger partial charge is 0.379 e. The van der Waals surface area contributed by atoms with Gasteiger partial charge in [0.15, 0.2) is 5.76 Å². The van der Waals surface area contributed by atoms with E-state index in [1.807, 2.05) is 36.4 Å². The second-order valence-electron chi connectivity index (χ2n) is 8.04. The highest BCUT2D eigenvalue weighted by Crippen LogP contribution is 2.29. The molecule has 0 bridgehead atoms. The number of carbonyl (C=O) groups excluding carboxylic acids is 1. The van der Waals surface area contributed by atoms with E-state index in [4.69, 9.17) is 9.26 Å². The lowest BCUT2D eigenvalue weighted by Crippen LogP contribution is -2.43. The fourth-order valence-corrected chi connectivity index (χ4v) is 4.20. The van der Waals surface area contributed by atoms with Crippen molar-refractivity contribution in [2.75, 3.05) is 32.8 Å². The number of amides is 1. The maximum atomic E-state index is 13.5. The fraction of sp³-hybridized carbons (Fsp3) is 0.231. The minimum atomic E-state index is -0.278. The molecule has 1 saturated heterocycles. The number of nitrogens with one attached hydrogen (secondary N) is 1. The van der Waals surface area contributed by atoms with E-state index in [-0.39, 0.29) is 17.8 Å². The molecule has 168 valence electrons. The predicted octanol–water partition coefficient (Wildman–Crippen LogP) is 4.44. The Hall–Kier alpha value is -3.55. The van der Waals surface area contributed by atoms with E-state index >= 15 is 0 Å². The zero-order chi connectivity index (χ0) is 22.6. The maximum Gasteiger partial charge on any atom is 0.251 e. The van der Waals surface area contributed by atoms with Crippen LogP contribution in [0.2, 0.25) is 0 Å². The number of morpholine rings is 1. The third kappa shape index (κ3) is 4.65. The molecule has 7 heteroatoms. The first-order valence-electron chi connectivity index (χ1n) is 11.0. The summed E-state index contributed by atoms with van der Waals surface area (Å²) in [6, 6.07) is 21.4. The van der Waals surface area contributed by atoms with E-state index in [9.17, 15) is 9.18 Å². The Morgan fingerprint density at radius 2 is 1.79 bits per heavy atom. The number of hydrogen-bond donors (Lipinski definition) is 1. The van der Waals surface area contributed by atoms with Gasteiger partial charge in [-0.3, -0.25) is 9.69 Å². The van der Waals surface area contributed by atoms with Gasteiger partial charge >= 0.3 is 0 Å². The molecule has 4 aromatic rings. The highest BCUT2D eigenvalue weighted by Gasteiger charge is 2.24. The van der Waals surface area contributed by atoms with Gasteiger partial charge < -0.3 is 14.6 Å². The highest BCUT2D eigenvalue weighted by atomic mass is 19.1. The Bertz CT molecular complexity index is 1230. The van der Waals surface area contributed by atoms with Crippen LogP contribution < -0.4 is 5.32 Å². The van der Waals surface area contributed by atoms with Gasteiger partial charge in [-0.2, -0.15) is 0 Å². The van der Waals surface area contributed by atoms with Crippen LogP contribution >= 0.6 is 0 Å². The molecule has 1 aliphatic rings. The fourth-order valence-electron chi connectivity index (χ4n) is 4.20. The maximum absolute atomic E-state index is 13.5. The molecular weight excluding hydrogens is 421 g/mol. The van der Waals surface area contributed by atoms with Gasteiger partial charge in [0.2, 0.25) is 0 Å². The van der Waals surface area contributed by atoms with E-state index < -0.39 is 0 Å². The normalized spacial score (nSPS) is 15.4. The van der Waals surface area contributed by atoms with Crippen LogP contribution in [0, 0.1) is 5.82 Å². The van der Waals surface area contributed by atoms with Crippen LogP contribution in [0.1, 0.15) is 22.0 Å². The van der Waals surface area contributed by atoms with Gasteiger partial charge in [-0.1, -0.05) is 47.6 Å². The van der Waals surface area contributed by atoms with Gasteiger partial charge in [-0.25, -0.2) is 4.39 Å². The molecule has 1 amide bonds. The van der Waals surface area contributed by atoms with Crippen molar-refractivity contribution in [2.24, 2.45) is 0 Å². The summed E-state index contributed by atoms with van der Waals surface area (Å²) in [5.74, 6) is 0.176. The summed E-state index contributed by atoms with van der Waals surface area (Å²) in [6.07, 6.45) is 0. The highest BCUT2D eigenvalue weighted by molar-refractivity contribution is 6.01. The first-order chi connectivity index (χ1) is 16.2. The van der Waals surface area contributed by atoms with E-state index in [1.165, 1.54) is 12.1 Å². The lowest BCUT2D eigenvalue weighted by Gasteiger charge is -2.35. The number of aromatic nitrogens is 1. The Morgan fingerprint density at radius 3 is 2.55 bits per heavy atom. The average Bonchev–Trinajstić information content (AvgIpc) is 3.29. The van der Waals surface area contributed by atoms with E-state index in [2.05, 4.69) is 15.4 Å². The van der Waals surface area contributed by atoms with Gasteiger partial charge in [0.1, 0.15) is 11.3 Å². The van der Waals surface area contributed by atoms with Crippen molar-refractivity contribution in [3.8, 4) is 11.3 Å². The minimum absolute atomic E-state index is 0.0716. The smallest absolute Gasteiger partial charge is 0.251 e. The molecule has 1 fully saturated rings. The molecule has 6 nitrogen and oxygen atoms in total. The monoisotopic (exact) mass is 445 g/mol. The van der Waals surface area contributed by atoms with E-state index in [1.54, 1.807) is 24.3 Å². The molecular formula is C26H24FN3O3. The number of rotatable bonds is 6. The summed E-state index contributed by atoms with van der Waals surface area (Å²) < 4.78 is 24.5. The zero-order valence-corrected chi connectivity index (χ0v) is 18.0. The van der Waals surface area contributed by atoms with Crippen LogP contribution in [0.15, 0.2) is 77.3 Å². The topological polar surface area (TPSA) is 67.6 Å². The molecule has 0 spiro atoms. The van der Waals surface area contributed by atoms with E-state index in [0.717, 1.165) is 29.6 Å². The summed E-state index contributed by atoms with van der Waals surface area (Å²) in [7, 11) is 0. The standard InChI is InChI=1S/C26H24FN3O3/c27-21-9-6-18(7-10-21)24(30-12-14-32-15-13-30)17-28-26(31)20-8-11-23-22(16-20)25(33-29-23)19-4-2-1-3-5-19/h1-11,16,24H,12-15,17H2,(H,28,31). The lowest BCUT2D eigenvalue weighted by molar-refractivity contribution is 0.0162. The van der Waals surface area contributed by atoms with Gasteiger partial charge in [0.05, 0.1) is 24.6 Å². The number of ether oxygens (including phenoxy) is 1. The molecule has 0 aliphatic carbocycles. The molecule has 1 atom stereocenters. The van der Waals surface area contributed by atoms with Crippen molar-refractivity contribution in [2.45, 2.75) is 6.04 Å². The van der Waals surface area contributed by atoms with Crippen LogP contribution in [0.5, 0.6) is 0 Å². The summed E-state index contributed by atoms with van der Waals surface area (Å²) in [5.41, 5.74) is 3.09. The first-order valence-corrected chi connectivity index (χ1v) is 11.0. The van der Waals surface area contributed by atoms with Crippen LogP contribution in [0.25, 0.3) is 22.2 Å². The summed E-state index contributed by atoms with van der Waals surface area (Å²) in [5, 5.41) is 7.97. The minimum Gasteiger partial charge on any atom is -0.379 e. The van der Waals surface area contributed by atoms with Gasteiger partial charge in [-0.05, 0) is 35.9 Å². The summed E-state index contributed by atoms with van der Waals surface area (Å²) in [6.45, 7) is 3.18. The molecule has 1 unspecified atom stereocenters. The van der Waals surface area contributed by atoms with Crippen molar-refractivity contribution < 1.29 is 18.4 Å². The second kappa shape index (κ2) is 9.52. The lowest BCUT2D eigenvalue weighted by atomic mass is 10.0. The predicted molar refractivity (Wildman–Crippen MR) is 123 cm³/mol. The molecule has 1 aromatic heterocycles. The zero-order valence-electron chi connectivity index (χ0n) is 18.0. The van der Waals surface area contributed by atoms with Crippen molar-refractivity contribution >= 4 is 16.8 Å². The molecule has 5 rings (SSSR count). The third-order valence-corrected chi connectivity index (χ3v) is 5.97. The van der Waals surface area contributed by atoms with Gasteiger partial charge in [-0.15, -0.1) is 0 Å². The van der Waals surface area contributed by atoms with Crippen molar-refractivity contribution in [3.05, 3.63) is 89.7 Å². The van der Waals surface area contributed by atoms with Crippen LogP contribution in [-0.2, 0) is 4.74 Å². The SMILES string of the molecule is O=C(NCC(c1ccc(F)cc1)N1CCOCC1)c1ccc2noc(-c3ccccc3)c2c1. The Kier molecular flexibility index (Phi) is 6.15. The van der Waals surface area contributed by atoms with Gasteiger partial charge in [0.25, 0.3) is 5.91 Å². The van der Waals surface area contributed by atoms with Crippen LogP contribution in [0.3, 0.4) is 0 Å². The summed E-state index contributed by atoms with van der Waals surface area (Å²) in [4.78, 5) is 15.3. The number of fused-ring (bicyclic) bond motifs is 1. The molecule has 0 saturated carbocycles.